The first-order chi connectivity index (χ1) is 12.0. The summed E-state index contributed by atoms with van der Waals surface area (Å²) in [5, 5.41) is 9.66. The third kappa shape index (κ3) is 3.33. The van der Waals surface area contributed by atoms with E-state index >= 15 is 0 Å². The quantitative estimate of drug-likeness (QED) is 0.713. The van der Waals surface area contributed by atoms with Crippen LogP contribution >= 0.6 is 0 Å². The molecule has 2 aromatic carbocycles. The van der Waals surface area contributed by atoms with Crippen LogP contribution in [-0.4, -0.2) is 22.3 Å². The van der Waals surface area contributed by atoms with Crippen LogP contribution in [0.1, 0.15) is 21.5 Å². The number of nitrogens with zero attached hydrogens (tertiary/aromatic N) is 1. The topological polar surface area (TPSA) is 76.5 Å². The Morgan fingerprint density at radius 3 is 2.76 bits per heavy atom. The van der Waals surface area contributed by atoms with Gasteiger partial charge in [0.05, 0.1) is 11.1 Å². The molecule has 0 amide bonds. The molecule has 0 aliphatic rings. The van der Waals surface area contributed by atoms with Crippen LogP contribution < -0.4 is 4.74 Å². The molecule has 0 spiro atoms. The van der Waals surface area contributed by atoms with Crippen molar-refractivity contribution >= 4 is 23.2 Å². The van der Waals surface area contributed by atoms with Crippen molar-refractivity contribution in [3.8, 4) is 11.5 Å². The molecule has 0 radical (unpaired) electrons. The Labute approximate surface area is 142 Å². The number of aromatic nitrogens is 1. The van der Waals surface area contributed by atoms with Crippen molar-refractivity contribution in [1.29, 1.82) is 0 Å². The third-order valence-corrected chi connectivity index (χ3v) is 3.82. The van der Waals surface area contributed by atoms with E-state index in [1.54, 1.807) is 25.1 Å². The van der Waals surface area contributed by atoms with Crippen molar-refractivity contribution in [2.45, 2.75) is 13.3 Å². The number of rotatable bonds is 5. The number of aryl methyl sites for hydroxylation is 1. The van der Waals surface area contributed by atoms with E-state index in [9.17, 15) is 14.0 Å². The second kappa shape index (κ2) is 6.68. The van der Waals surface area contributed by atoms with E-state index in [0.29, 0.717) is 39.8 Å². The van der Waals surface area contributed by atoms with E-state index < -0.39 is 11.8 Å². The van der Waals surface area contributed by atoms with Gasteiger partial charge in [0.15, 0.2) is 0 Å². The highest BCUT2D eigenvalue weighted by Gasteiger charge is 2.12. The van der Waals surface area contributed by atoms with Crippen molar-refractivity contribution in [3.05, 3.63) is 65.1 Å². The van der Waals surface area contributed by atoms with E-state index in [2.05, 4.69) is 4.98 Å². The van der Waals surface area contributed by atoms with Crippen LogP contribution in [0.15, 0.2) is 42.6 Å². The Morgan fingerprint density at radius 2 is 2.04 bits per heavy atom. The van der Waals surface area contributed by atoms with E-state index in [-0.39, 0.29) is 12.0 Å². The summed E-state index contributed by atoms with van der Waals surface area (Å²) in [6.07, 6.45) is 2.17. The Morgan fingerprint density at radius 1 is 1.24 bits per heavy atom. The van der Waals surface area contributed by atoms with Gasteiger partial charge in [0.2, 0.25) is 0 Å². The number of hydrogen-bond acceptors (Lipinski definition) is 4. The number of fused-ring (bicyclic) bond motifs is 1. The van der Waals surface area contributed by atoms with Crippen molar-refractivity contribution in [3.63, 3.8) is 0 Å². The number of carboxylic acids is 1. The molecule has 0 fully saturated rings. The fraction of sp³-hybridized carbons (Fsp3) is 0.105. The predicted octanol–water partition coefficient (Wildman–Crippen LogP) is 3.91. The summed E-state index contributed by atoms with van der Waals surface area (Å²) >= 11 is 0. The van der Waals surface area contributed by atoms with Gasteiger partial charge < -0.3 is 14.6 Å². The maximum Gasteiger partial charge on any atom is 0.335 e. The first-order valence-corrected chi connectivity index (χ1v) is 7.52. The fourth-order valence-corrected chi connectivity index (χ4v) is 2.54. The smallest absolute Gasteiger partial charge is 0.335 e. The van der Waals surface area contributed by atoms with Gasteiger partial charge in [0.1, 0.15) is 23.6 Å². The monoisotopic (exact) mass is 339 g/mol. The molecule has 1 heterocycles. The van der Waals surface area contributed by atoms with Crippen LogP contribution in [0.2, 0.25) is 0 Å². The number of aromatic carboxylic acids is 1. The zero-order chi connectivity index (χ0) is 18.0. The summed E-state index contributed by atoms with van der Waals surface area (Å²) in [6.45, 7) is 1.75. The van der Waals surface area contributed by atoms with Crippen molar-refractivity contribution < 1.29 is 23.8 Å². The molecule has 5 nitrogen and oxygen atoms in total. The number of hydrogen-bond donors (Lipinski definition) is 1. The Balaban J connectivity index is 2.06. The van der Waals surface area contributed by atoms with Gasteiger partial charge in [-0.15, -0.1) is 0 Å². The van der Waals surface area contributed by atoms with Crippen molar-refractivity contribution in [1.82, 2.24) is 4.98 Å². The van der Waals surface area contributed by atoms with Gasteiger partial charge in [-0.2, -0.15) is 0 Å². The van der Waals surface area contributed by atoms with Crippen LogP contribution in [0, 0.1) is 12.7 Å². The molecule has 1 aromatic heterocycles. The average molecular weight is 339 g/mol. The summed E-state index contributed by atoms with van der Waals surface area (Å²) in [5.41, 5.74) is 1.64. The van der Waals surface area contributed by atoms with Crippen LogP contribution in [0.3, 0.4) is 0 Å². The molecule has 0 unspecified atom stereocenters. The van der Waals surface area contributed by atoms with E-state index in [1.807, 2.05) is 0 Å². The highest BCUT2D eigenvalue weighted by atomic mass is 19.1. The van der Waals surface area contributed by atoms with Gasteiger partial charge in [-0.1, -0.05) is 0 Å². The molecule has 25 heavy (non-hydrogen) atoms. The second-order valence-corrected chi connectivity index (χ2v) is 5.53. The van der Waals surface area contributed by atoms with E-state index in [4.69, 9.17) is 9.84 Å². The maximum absolute atomic E-state index is 14.1. The second-order valence-electron chi connectivity index (χ2n) is 5.53. The third-order valence-electron chi connectivity index (χ3n) is 3.82. The molecular formula is C19H14FNO4. The number of ether oxygens (including phenoxy) is 1. The molecule has 3 rings (SSSR count). The number of carbonyl (C=O) groups is 2. The zero-order valence-corrected chi connectivity index (χ0v) is 13.3. The highest BCUT2D eigenvalue weighted by molar-refractivity contribution is 5.95. The number of pyridine rings is 1. The number of carboxylic acid groups (broad SMARTS) is 1. The normalized spacial score (nSPS) is 10.6. The standard InChI is InChI=1S/C19H14FNO4/c1-11-8-12(5-7-22)15(20)10-18(11)25-17-4-6-21-16-3-2-13(19(23)24)9-14(16)17/h2-4,6-10H,5H2,1H3,(H,23,24). The largest absolute Gasteiger partial charge is 0.478 e. The molecule has 6 heteroatoms. The lowest BCUT2D eigenvalue weighted by atomic mass is 10.1. The van der Waals surface area contributed by atoms with E-state index in [1.165, 1.54) is 24.4 Å². The van der Waals surface area contributed by atoms with Gasteiger partial charge in [0, 0.05) is 24.1 Å². The predicted molar refractivity (Wildman–Crippen MR) is 89.7 cm³/mol. The van der Waals surface area contributed by atoms with Crippen LogP contribution in [0.4, 0.5) is 4.39 Å². The van der Waals surface area contributed by atoms with Crippen LogP contribution in [0.5, 0.6) is 11.5 Å². The van der Waals surface area contributed by atoms with Gasteiger partial charge in [0.25, 0.3) is 0 Å². The van der Waals surface area contributed by atoms with Gasteiger partial charge in [-0.25, -0.2) is 9.18 Å². The SMILES string of the molecule is Cc1cc(CC=O)c(F)cc1Oc1ccnc2ccc(C(=O)O)cc12. The molecule has 0 aliphatic carbocycles. The summed E-state index contributed by atoms with van der Waals surface area (Å²) in [6, 6.07) is 8.89. The number of halogens is 1. The molecule has 126 valence electrons. The number of carbonyl (C=O) groups excluding carboxylic acids is 1. The molecule has 0 bridgehead atoms. The maximum atomic E-state index is 14.1. The molecule has 3 aromatic rings. The highest BCUT2D eigenvalue weighted by Crippen LogP contribution is 2.32. The molecule has 1 N–H and O–H groups in total. The molecule has 0 aliphatic heterocycles. The lowest BCUT2D eigenvalue weighted by Crippen LogP contribution is -1.98. The summed E-state index contributed by atoms with van der Waals surface area (Å²) in [7, 11) is 0. The molecule has 0 saturated carbocycles. The minimum absolute atomic E-state index is 0.00683. The number of benzene rings is 2. The fourth-order valence-electron chi connectivity index (χ4n) is 2.54. The van der Waals surface area contributed by atoms with Crippen molar-refractivity contribution in [2.24, 2.45) is 0 Å². The van der Waals surface area contributed by atoms with Crippen LogP contribution in [0.25, 0.3) is 10.9 Å². The van der Waals surface area contributed by atoms with Gasteiger partial charge in [-0.3, -0.25) is 4.98 Å². The first-order valence-electron chi connectivity index (χ1n) is 7.52. The Kier molecular flexibility index (Phi) is 4.43. The minimum atomic E-state index is -1.06. The molecule has 0 saturated heterocycles. The van der Waals surface area contributed by atoms with Crippen LogP contribution in [-0.2, 0) is 11.2 Å². The first kappa shape index (κ1) is 16.6. The lowest BCUT2D eigenvalue weighted by Gasteiger charge is -2.12. The number of aldehydes is 1. The van der Waals surface area contributed by atoms with Gasteiger partial charge in [-0.05, 0) is 48.4 Å². The summed E-state index contributed by atoms with van der Waals surface area (Å²) in [4.78, 5) is 25.9. The van der Waals surface area contributed by atoms with Gasteiger partial charge >= 0.3 is 5.97 Å². The summed E-state index contributed by atoms with van der Waals surface area (Å²) < 4.78 is 19.9. The minimum Gasteiger partial charge on any atom is -0.478 e. The zero-order valence-electron chi connectivity index (χ0n) is 13.3. The molecular weight excluding hydrogens is 325 g/mol. The Hall–Kier alpha value is -3.28. The van der Waals surface area contributed by atoms with E-state index in [0.717, 1.165) is 0 Å². The summed E-state index contributed by atoms with van der Waals surface area (Å²) in [5.74, 6) is -0.923. The molecule has 0 atom stereocenters. The lowest BCUT2D eigenvalue weighted by molar-refractivity contribution is -0.107. The average Bonchev–Trinajstić information content (AvgIpc) is 2.59. The van der Waals surface area contributed by atoms with Crippen molar-refractivity contribution in [2.75, 3.05) is 0 Å². The Bertz CT molecular complexity index is 985.